The SMILES string of the molecule is COc1ccc(-c2c3cccc(F)c3nn2C(C)C)c(OC)c1. The number of aromatic nitrogens is 2. The second kappa shape index (κ2) is 5.91. The Hall–Kier alpha value is -2.56. The van der Waals surface area contributed by atoms with E-state index in [2.05, 4.69) is 5.10 Å². The molecule has 0 bridgehead atoms. The summed E-state index contributed by atoms with van der Waals surface area (Å²) in [5.74, 6) is 1.05. The number of ether oxygens (including phenoxy) is 2. The Bertz CT molecular complexity index is 856. The molecule has 0 amide bonds. The second-order valence-corrected chi connectivity index (χ2v) is 5.59. The van der Waals surface area contributed by atoms with Gasteiger partial charge in [0, 0.05) is 23.1 Å². The van der Waals surface area contributed by atoms with E-state index in [-0.39, 0.29) is 11.9 Å². The summed E-state index contributed by atoms with van der Waals surface area (Å²) in [5.41, 5.74) is 2.07. The van der Waals surface area contributed by atoms with E-state index in [1.165, 1.54) is 6.07 Å². The summed E-state index contributed by atoms with van der Waals surface area (Å²) in [4.78, 5) is 0. The van der Waals surface area contributed by atoms with Crippen LogP contribution in [0.5, 0.6) is 11.5 Å². The number of benzene rings is 2. The summed E-state index contributed by atoms with van der Waals surface area (Å²) < 4.78 is 26.7. The van der Waals surface area contributed by atoms with E-state index in [1.54, 1.807) is 20.3 Å². The third-order valence-electron chi connectivity index (χ3n) is 3.83. The van der Waals surface area contributed by atoms with Gasteiger partial charge in [-0.15, -0.1) is 0 Å². The minimum absolute atomic E-state index is 0.0867. The van der Waals surface area contributed by atoms with Gasteiger partial charge in [-0.3, -0.25) is 4.68 Å². The molecule has 120 valence electrons. The Morgan fingerprint density at radius 3 is 2.52 bits per heavy atom. The van der Waals surface area contributed by atoms with Crippen molar-refractivity contribution >= 4 is 10.9 Å². The van der Waals surface area contributed by atoms with Crippen LogP contribution in [0.4, 0.5) is 4.39 Å². The van der Waals surface area contributed by atoms with Crippen LogP contribution in [-0.2, 0) is 0 Å². The zero-order chi connectivity index (χ0) is 16.6. The molecule has 4 nitrogen and oxygen atoms in total. The van der Waals surface area contributed by atoms with Crippen molar-refractivity contribution < 1.29 is 13.9 Å². The van der Waals surface area contributed by atoms with Crippen molar-refractivity contribution in [1.82, 2.24) is 9.78 Å². The standard InChI is InChI=1S/C18H19FN2O2/c1-11(2)21-18(14-6-5-7-15(19)17(14)20-21)13-9-8-12(22-3)10-16(13)23-4/h5-11H,1-4H3. The highest BCUT2D eigenvalue weighted by molar-refractivity contribution is 5.95. The van der Waals surface area contributed by atoms with E-state index in [4.69, 9.17) is 9.47 Å². The maximum absolute atomic E-state index is 14.1. The largest absolute Gasteiger partial charge is 0.497 e. The lowest BCUT2D eigenvalue weighted by atomic mass is 10.1. The molecular weight excluding hydrogens is 295 g/mol. The molecule has 3 aromatic rings. The van der Waals surface area contributed by atoms with Crippen LogP contribution in [0.25, 0.3) is 22.2 Å². The molecular formula is C18H19FN2O2. The molecule has 0 radical (unpaired) electrons. The number of hydrogen-bond donors (Lipinski definition) is 0. The molecule has 0 saturated heterocycles. The fraction of sp³-hybridized carbons (Fsp3) is 0.278. The Kier molecular flexibility index (Phi) is 3.94. The van der Waals surface area contributed by atoms with Gasteiger partial charge in [0.15, 0.2) is 5.82 Å². The first-order chi connectivity index (χ1) is 11.1. The van der Waals surface area contributed by atoms with E-state index in [9.17, 15) is 4.39 Å². The van der Waals surface area contributed by atoms with Crippen molar-refractivity contribution in [2.75, 3.05) is 14.2 Å². The van der Waals surface area contributed by atoms with Crippen LogP contribution < -0.4 is 9.47 Å². The van der Waals surface area contributed by atoms with Gasteiger partial charge in [0.25, 0.3) is 0 Å². The Morgan fingerprint density at radius 2 is 1.87 bits per heavy atom. The van der Waals surface area contributed by atoms with E-state index < -0.39 is 0 Å². The van der Waals surface area contributed by atoms with Gasteiger partial charge in [0.05, 0.1) is 19.9 Å². The van der Waals surface area contributed by atoms with Crippen molar-refractivity contribution in [1.29, 1.82) is 0 Å². The summed E-state index contributed by atoms with van der Waals surface area (Å²) >= 11 is 0. The summed E-state index contributed by atoms with van der Waals surface area (Å²) in [6, 6.07) is 10.7. The van der Waals surface area contributed by atoms with Gasteiger partial charge in [-0.05, 0) is 32.0 Å². The van der Waals surface area contributed by atoms with Crippen LogP contribution >= 0.6 is 0 Å². The highest BCUT2D eigenvalue weighted by Crippen LogP contribution is 2.38. The molecule has 0 aliphatic rings. The normalized spacial score (nSPS) is 11.2. The van der Waals surface area contributed by atoms with Gasteiger partial charge in [-0.1, -0.05) is 12.1 Å². The van der Waals surface area contributed by atoms with Gasteiger partial charge in [-0.2, -0.15) is 5.10 Å². The minimum Gasteiger partial charge on any atom is -0.497 e. The molecule has 0 spiro atoms. The zero-order valence-electron chi connectivity index (χ0n) is 13.6. The van der Waals surface area contributed by atoms with E-state index in [0.717, 1.165) is 16.6 Å². The predicted octanol–water partition coefficient (Wildman–Crippen LogP) is 4.44. The molecule has 1 aromatic heterocycles. The summed E-state index contributed by atoms with van der Waals surface area (Å²) in [6.07, 6.45) is 0. The van der Waals surface area contributed by atoms with E-state index in [1.807, 2.05) is 42.8 Å². The highest BCUT2D eigenvalue weighted by Gasteiger charge is 2.20. The second-order valence-electron chi connectivity index (χ2n) is 5.59. The van der Waals surface area contributed by atoms with Gasteiger partial charge < -0.3 is 9.47 Å². The topological polar surface area (TPSA) is 36.3 Å². The predicted molar refractivity (Wildman–Crippen MR) is 88.6 cm³/mol. The highest BCUT2D eigenvalue weighted by atomic mass is 19.1. The Morgan fingerprint density at radius 1 is 1.09 bits per heavy atom. The van der Waals surface area contributed by atoms with Crippen LogP contribution in [0.1, 0.15) is 19.9 Å². The molecule has 0 aliphatic heterocycles. The first-order valence-electron chi connectivity index (χ1n) is 7.46. The van der Waals surface area contributed by atoms with E-state index in [0.29, 0.717) is 17.0 Å². The number of halogens is 1. The van der Waals surface area contributed by atoms with Crippen molar-refractivity contribution in [3.63, 3.8) is 0 Å². The quantitative estimate of drug-likeness (QED) is 0.714. The monoisotopic (exact) mass is 314 g/mol. The first-order valence-corrected chi connectivity index (χ1v) is 7.46. The molecule has 2 aromatic carbocycles. The maximum atomic E-state index is 14.1. The maximum Gasteiger partial charge on any atom is 0.151 e. The molecule has 0 fully saturated rings. The smallest absolute Gasteiger partial charge is 0.151 e. The zero-order valence-corrected chi connectivity index (χ0v) is 13.6. The third kappa shape index (κ3) is 2.52. The summed E-state index contributed by atoms with van der Waals surface area (Å²) in [5, 5.41) is 5.23. The van der Waals surface area contributed by atoms with Crippen molar-refractivity contribution in [3.05, 3.63) is 42.2 Å². The number of nitrogens with zero attached hydrogens (tertiary/aromatic N) is 2. The molecule has 23 heavy (non-hydrogen) atoms. The molecule has 5 heteroatoms. The molecule has 1 heterocycles. The first kappa shape index (κ1) is 15.3. The average Bonchev–Trinajstić information content (AvgIpc) is 2.95. The van der Waals surface area contributed by atoms with Crippen molar-refractivity contribution in [2.45, 2.75) is 19.9 Å². The molecule has 0 atom stereocenters. The summed E-state index contributed by atoms with van der Waals surface area (Å²) in [7, 11) is 3.22. The van der Waals surface area contributed by atoms with Crippen molar-refractivity contribution in [2.24, 2.45) is 0 Å². The van der Waals surface area contributed by atoms with Gasteiger partial charge in [0.2, 0.25) is 0 Å². The number of methoxy groups -OCH3 is 2. The number of hydrogen-bond acceptors (Lipinski definition) is 3. The molecule has 0 N–H and O–H groups in total. The van der Waals surface area contributed by atoms with Crippen LogP contribution in [0.2, 0.25) is 0 Å². The molecule has 3 rings (SSSR count). The van der Waals surface area contributed by atoms with Crippen LogP contribution in [0.3, 0.4) is 0 Å². The number of rotatable bonds is 4. The Balaban J connectivity index is 2.35. The van der Waals surface area contributed by atoms with E-state index >= 15 is 0 Å². The fourth-order valence-electron chi connectivity index (χ4n) is 2.73. The summed E-state index contributed by atoms with van der Waals surface area (Å²) in [6.45, 7) is 4.03. The van der Waals surface area contributed by atoms with Crippen LogP contribution in [0, 0.1) is 5.82 Å². The lowest BCUT2D eigenvalue weighted by Gasteiger charge is -2.15. The minimum atomic E-state index is -0.323. The van der Waals surface area contributed by atoms with Crippen LogP contribution in [0.15, 0.2) is 36.4 Å². The van der Waals surface area contributed by atoms with Gasteiger partial charge >= 0.3 is 0 Å². The lowest BCUT2D eigenvalue weighted by molar-refractivity contribution is 0.395. The fourth-order valence-corrected chi connectivity index (χ4v) is 2.73. The average molecular weight is 314 g/mol. The molecule has 0 unspecified atom stereocenters. The lowest BCUT2D eigenvalue weighted by Crippen LogP contribution is -2.05. The van der Waals surface area contributed by atoms with Crippen LogP contribution in [-0.4, -0.2) is 24.0 Å². The third-order valence-corrected chi connectivity index (χ3v) is 3.83. The van der Waals surface area contributed by atoms with Gasteiger partial charge in [-0.25, -0.2) is 4.39 Å². The molecule has 0 saturated carbocycles. The van der Waals surface area contributed by atoms with Crippen molar-refractivity contribution in [3.8, 4) is 22.8 Å². The molecule has 0 aliphatic carbocycles. The number of fused-ring (bicyclic) bond motifs is 1. The van der Waals surface area contributed by atoms with Gasteiger partial charge in [0.1, 0.15) is 17.0 Å². The Labute approximate surface area is 134 Å².